The van der Waals surface area contributed by atoms with Crippen LogP contribution >= 0.6 is 24.4 Å². The Kier molecular flexibility index (Phi) is 12.9. The van der Waals surface area contributed by atoms with Gasteiger partial charge in [0.15, 0.2) is 0 Å². The third kappa shape index (κ3) is 9.64. The van der Waals surface area contributed by atoms with Crippen molar-refractivity contribution in [3.63, 3.8) is 0 Å². The van der Waals surface area contributed by atoms with E-state index in [4.69, 9.17) is 5.73 Å². The Bertz CT molecular complexity index is 779. The van der Waals surface area contributed by atoms with Crippen molar-refractivity contribution in [3.8, 4) is 0 Å². The van der Waals surface area contributed by atoms with Crippen molar-refractivity contribution in [2.75, 3.05) is 17.8 Å². The zero-order valence-electron chi connectivity index (χ0n) is 19.0. The lowest BCUT2D eigenvalue weighted by Gasteiger charge is -2.28. The number of carboxylic acids is 1. The number of thioether (sulfide) groups is 1. The molecule has 13 heteroatoms. The number of carboxylic acid groups (broad SMARTS) is 1. The minimum absolute atomic E-state index is 0.0102. The van der Waals surface area contributed by atoms with Gasteiger partial charge in [-0.1, -0.05) is 20.3 Å². The summed E-state index contributed by atoms with van der Waals surface area (Å²) in [6.45, 7) is 3.64. The number of amides is 3. The molecule has 1 aromatic heterocycles. The van der Waals surface area contributed by atoms with E-state index in [2.05, 4.69) is 38.5 Å². The standard InChI is InChI=1S/C20H34N6O5S2/c1-4-11(2)16(19(29)25-15(20(30)31)7-12-8-22-10-23-12)26-18(28)14(5-6-33-3)24-17(27)13(21)9-32/h8,10-11,13-16,32H,4-7,9,21H2,1-3H3,(H,22,23)(H,24,27)(H,25,29)(H,26,28)(H,30,31). The second-order valence-corrected chi connectivity index (χ2v) is 9.03. The van der Waals surface area contributed by atoms with Crippen molar-refractivity contribution in [3.05, 3.63) is 18.2 Å². The number of thiol groups is 1. The fourth-order valence-corrected chi connectivity index (χ4v) is 3.54. The topological polar surface area (TPSA) is 179 Å². The first-order chi connectivity index (χ1) is 15.6. The zero-order chi connectivity index (χ0) is 25.0. The quantitative estimate of drug-likeness (QED) is 0.158. The Labute approximate surface area is 203 Å². The zero-order valence-corrected chi connectivity index (χ0v) is 20.7. The van der Waals surface area contributed by atoms with Crippen molar-refractivity contribution >= 4 is 48.1 Å². The molecule has 11 nitrogen and oxygen atoms in total. The van der Waals surface area contributed by atoms with E-state index in [-0.39, 0.29) is 18.1 Å². The third-order valence-electron chi connectivity index (χ3n) is 5.16. The number of hydrogen-bond acceptors (Lipinski definition) is 8. The Morgan fingerprint density at radius 1 is 1.18 bits per heavy atom. The number of nitrogens with one attached hydrogen (secondary N) is 4. The molecule has 0 saturated heterocycles. The van der Waals surface area contributed by atoms with Crippen molar-refractivity contribution < 1.29 is 24.3 Å². The molecule has 0 aliphatic carbocycles. The molecule has 0 aromatic carbocycles. The average molecular weight is 503 g/mol. The number of carbonyl (C=O) groups excluding carboxylic acids is 3. The normalized spacial score (nSPS) is 15.5. The van der Waals surface area contributed by atoms with Crippen molar-refractivity contribution in [1.82, 2.24) is 25.9 Å². The second-order valence-electron chi connectivity index (χ2n) is 7.68. The number of aromatic amines is 1. The molecule has 0 fully saturated rings. The lowest BCUT2D eigenvalue weighted by molar-refractivity contribution is -0.142. The molecule has 3 amide bonds. The van der Waals surface area contributed by atoms with Gasteiger partial charge < -0.3 is 31.8 Å². The van der Waals surface area contributed by atoms with Crippen LogP contribution in [0.15, 0.2) is 12.5 Å². The monoisotopic (exact) mass is 502 g/mol. The van der Waals surface area contributed by atoms with E-state index in [1.807, 2.05) is 13.2 Å². The fourth-order valence-electron chi connectivity index (χ4n) is 2.90. The number of H-pyrrole nitrogens is 1. The maximum absolute atomic E-state index is 13.0. The van der Waals surface area contributed by atoms with Gasteiger partial charge in [0.05, 0.1) is 12.4 Å². The predicted molar refractivity (Wildman–Crippen MR) is 130 cm³/mol. The fraction of sp³-hybridized carbons (Fsp3) is 0.650. The van der Waals surface area contributed by atoms with E-state index in [1.165, 1.54) is 24.3 Å². The first-order valence-electron chi connectivity index (χ1n) is 10.6. The second kappa shape index (κ2) is 14.8. The molecule has 0 bridgehead atoms. The number of nitrogens with zero attached hydrogens (tertiary/aromatic N) is 1. The molecule has 5 atom stereocenters. The number of aliphatic carboxylic acids is 1. The van der Waals surface area contributed by atoms with Crippen LogP contribution in [-0.4, -0.2) is 80.7 Å². The number of carbonyl (C=O) groups is 4. The maximum Gasteiger partial charge on any atom is 0.326 e. The molecular formula is C20H34N6O5S2. The Balaban J connectivity index is 2.97. The summed E-state index contributed by atoms with van der Waals surface area (Å²) < 4.78 is 0. The van der Waals surface area contributed by atoms with Gasteiger partial charge in [0.1, 0.15) is 18.1 Å². The first kappa shape index (κ1) is 28.8. The summed E-state index contributed by atoms with van der Waals surface area (Å²) >= 11 is 5.51. The minimum atomic E-state index is -1.21. The molecule has 33 heavy (non-hydrogen) atoms. The molecule has 0 saturated carbocycles. The lowest BCUT2D eigenvalue weighted by atomic mass is 9.97. The largest absolute Gasteiger partial charge is 0.480 e. The molecule has 1 rings (SSSR count). The summed E-state index contributed by atoms with van der Waals surface area (Å²) in [6, 6.07) is -3.96. The van der Waals surface area contributed by atoms with Gasteiger partial charge in [-0.3, -0.25) is 14.4 Å². The number of rotatable bonds is 15. The summed E-state index contributed by atoms with van der Waals surface area (Å²) in [5.41, 5.74) is 6.25. The molecule has 1 aromatic rings. The highest BCUT2D eigenvalue weighted by Gasteiger charge is 2.32. The molecular weight excluding hydrogens is 468 g/mol. The van der Waals surface area contributed by atoms with Crippen LogP contribution in [0, 0.1) is 5.92 Å². The van der Waals surface area contributed by atoms with Crippen LogP contribution in [0.25, 0.3) is 0 Å². The highest BCUT2D eigenvalue weighted by atomic mass is 32.2. The van der Waals surface area contributed by atoms with Crippen LogP contribution in [-0.2, 0) is 25.6 Å². The smallest absolute Gasteiger partial charge is 0.326 e. The summed E-state index contributed by atoms with van der Waals surface area (Å²) in [6.07, 6.45) is 5.67. The van der Waals surface area contributed by atoms with Gasteiger partial charge in [-0.2, -0.15) is 24.4 Å². The van der Waals surface area contributed by atoms with E-state index in [0.717, 1.165) is 0 Å². The molecule has 186 valence electrons. The summed E-state index contributed by atoms with van der Waals surface area (Å²) in [4.78, 5) is 56.5. The molecule has 1 heterocycles. The summed E-state index contributed by atoms with van der Waals surface area (Å²) in [7, 11) is 0. The Morgan fingerprint density at radius 3 is 2.36 bits per heavy atom. The van der Waals surface area contributed by atoms with Gasteiger partial charge >= 0.3 is 5.97 Å². The van der Waals surface area contributed by atoms with Crippen molar-refractivity contribution in [1.29, 1.82) is 0 Å². The third-order valence-corrected chi connectivity index (χ3v) is 6.20. The summed E-state index contributed by atoms with van der Waals surface area (Å²) in [5, 5.41) is 17.4. The highest BCUT2D eigenvalue weighted by molar-refractivity contribution is 7.98. The van der Waals surface area contributed by atoms with Crippen LogP contribution in [0.2, 0.25) is 0 Å². The first-order valence-corrected chi connectivity index (χ1v) is 12.6. The lowest BCUT2D eigenvalue weighted by Crippen LogP contribution is -2.59. The molecule has 5 unspecified atom stereocenters. The van der Waals surface area contributed by atoms with Gasteiger partial charge in [0.25, 0.3) is 0 Å². The minimum Gasteiger partial charge on any atom is -0.480 e. The molecule has 0 aliphatic heterocycles. The van der Waals surface area contributed by atoms with Crippen LogP contribution in [0.1, 0.15) is 32.4 Å². The van der Waals surface area contributed by atoms with Crippen molar-refractivity contribution in [2.45, 2.75) is 57.3 Å². The van der Waals surface area contributed by atoms with Gasteiger partial charge in [-0.25, -0.2) is 9.78 Å². The van der Waals surface area contributed by atoms with Gasteiger partial charge in [-0.05, 0) is 24.3 Å². The van der Waals surface area contributed by atoms with E-state index in [9.17, 15) is 24.3 Å². The van der Waals surface area contributed by atoms with Crippen LogP contribution in [0.3, 0.4) is 0 Å². The summed E-state index contributed by atoms with van der Waals surface area (Å²) in [5.74, 6) is -2.45. The van der Waals surface area contributed by atoms with Gasteiger partial charge in [0.2, 0.25) is 17.7 Å². The van der Waals surface area contributed by atoms with E-state index in [0.29, 0.717) is 24.3 Å². The Hall–Kier alpha value is -2.25. The Morgan fingerprint density at radius 2 is 1.85 bits per heavy atom. The molecule has 0 radical (unpaired) electrons. The van der Waals surface area contributed by atoms with Crippen LogP contribution < -0.4 is 21.7 Å². The van der Waals surface area contributed by atoms with E-state index < -0.39 is 47.9 Å². The number of hydrogen-bond donors (Lipinski definition) is 7. The molecule has 0 aliphatic rings. The number of imidazole rings is 1. The van der Waals surface area contributed by atoms with E-state index in [1.54, 1.807) is 6.92 Å². The van der Waals surface area contributed by atoms with Crippen LogP contribution in [0.4, 0.5) is 0 Å². The van der Waals surface area contributed by atoms with Crippen LogP contribution in [0.5, 0.6) is 0 Å². The average Bonchev–Trinajstić information content (AvgIpc) is 3.31. The number of aromatic nitrogens is 2. The highest BCUT2D eigenvalue weighted by Crippen LogP contribution is 2.11. The van der Waals surface area contributed by atoms with Gasteiger partial charge in [0, 0.05) is 24.1 Å². The SMILES string of the molecule is CCC(C)C(NC(=O)C(CCSC)NC(=O)C(N)CS)C(=O)NC(Cc1cnc[nH]1)C(=O)O. The van der Waals surface area contributed by atoms with Crippen molar-refractivity contribution in [2.24, 2.45) is 11.7 Å². The predicted octanol–water partition coefficient (Wildman–Crippen LogP) is -0.452. The maximum atomic E-state index is 13.0. The number of nitrogens with two attached hydrogens (primary N) is 1. The molecule has 7 N–H and O–H groups in total. The van der Waals surface area contributed by atoms with Gasteiger partial charge in [-0.15, -0.1) is 0 Å². The molecule has 0 spiro atoms. The van der Waals surface area contributed by atoms with E-state index >= 15 is 0 Å².